The number of aliphatic carboxylic acids is 1. The molecule has 1 aromatic rings. The van der Waals surface area contributed by atoms with Crippen LogP contribution in [0, 0.1) is 0 Å². The van der Waals surface area contributed by atoms with Gasteiger partial charge in [-0.05, 0) is 18.6 Å². The third-order valence-corrected chi connectivity index (χ3v) is 2.79. The van der Waals surface area contributed by atoms with E-state index in [1.807, 2.05) is 19.1 Å². The van der Waals surface area contributed by atoms with Crippen molar-refractivity contribution in [2.24, 2.45) is 0 Å². The van der Waals surface area contributed by atoms with Gasteiger partial charge in [0, 0.05) is 0 Å². The first-order valence-corrected chi connectivity index (χ1v) is 5.52. The Morgan fingerprint density at radius 1 is 1.47 bits per heavy atom. The predicted octanol–water partition coefficient (Wildman–Crippen LogP) is 1.31. The number of hydrogen-bond donors (Lipinski definition) is 2. The van der Waals surface area contributed by atoms with E-state index in [1.54, 1.807) is 12.1 Å². The van der Waals surface area contributed by atoms with Crippen LogP contribution in [0.2, 0.25) is 0 Å². The molecule has 1 aliphatic rings. The Morgan fingerprint density at radius 2 is 2.18 bits per heavy atom. The van der Waals surface area contributed by atoms with Crippen molar-refractivity contribution in [2.45, 2.75) is 19.4 Å². The largest absolute Gasteiger partial charge is 0.480 e. The quantitative estimate of drug-likeness (QED) is 0.827. The van der Waals surface area contributed by atoms with Crippen LogP contribution in [0.25, 0.3) is 0 Å². The van der Waals surface area contributed by atoms with Crippen molar-refractivity contribution in [3.05, 3.63) is 24.3 Å². The van der Waals surface area contributed by atoms with Crippen LogP contribution in [0.1, 0.15) is 13.3 Å². The zero-order valence-corrected chi connectivity index (χ0v) is 9.51. The summed E-state index contributed by atoms with van der Waals surface area (Å²) >= 11 is 0. The van der Waals surface area contributed by atoms with Crippen LogP contribution in [0.3, 0.4) is 0 Å². The molecule has 0 saturated heterocycles. The number of amides is 1. The van der Waals surface area contributed by atoms with Crippen molar-refractivity contribution >= 4 is 23.3 Å². The van der Waals surface area contributed by atoms with Crippen LogP contribution in [0.5, 0.6) is 0 Å². The molecule has 5 heteroatoms. The number of carboxylic acids is 1. The van der Waals surface area contributed by atoms with Crippen LogP contribution >= 0.6 is 0 Å². The Labute approximate surface area is 99.0 Å². The maximum absolute atomic E-state index is 12.1. The first kappa shape index (κ1) is 11.4. The van der Waals surface area contributed by atoms with Gasteiger partial charge in [0.2, 0.25) is 5.91 Å². The summed E-state index contributed by atoms with van der Waals surface area (Å²) in [5, 5.41) is 12.0. The summed E-state index contributed by atoms with van der Waals surface area (Å²) in [5.41, 5.74) is 1.44. The van der Waals surface area contributed by atoms with Gasteiger partial charge in [0.25, 0.3) is 0 Å². The van der Waals surface area contributed by atoms with Crippen molar-refractivity contribution in [1.82, 2.24) is 0 Å². The third-order valence-electron chi connectivity index (χ3n) is 2.79. The number of carboxylic acid groups (broad SMARTS) is 1. The lowest BCUT2D eigenvalue weighted by Crippen LogP contribution is -2.48. The highest BCUT2D eigenvalue weighted by atomic mass is 16.4. The predicted molar refractivity (Wildman–Crippen MR) is 64.1 cm³/mol. The number of hydrogen-bond acceptors (Lipinski definition) is 3. The van der Waals surface area contributed by atoms with Crippen molar-refractivity contribution in [3.8, 4) is 0 Å². The second kappa shape index (κ2) is 4.45. The molecule has 1 aliphatic heterocycles. The highest BCUT2D eigenvalue weighted by Gasteiger charge is 2.31. The topological polar surface area (TPSA) is 69.6 Å². The minimum Gasteiger partial charge on any atom is -0.480 e. The first-order chi connectivity index (χ1) is 8.13. The van der Waals surface area contributed by atoms with Gasteiger partial charge >= 0.3 is 5.97 Å². The van der Waals surface area contributed by atoms with Gasteiger partial charge in [0.15, 0.2) is 0 Å². The summed E-state index contributed by atoms with van der Waals surface area (Å²) in [4.78, 5) is 24.2. The number of carbonyl (C=O) groups is 2. The second-order valence-electron chi connectivity index (χ2n) is 3.94. The Morgan fingerprint density at radius 3 is 2.82 bits per heavy atom. The summed E-state index contributed by atoms with van der Waals surface area (Å²) in [5.74, 6) is -1.20. The Bertz CT molecular complexity index is 459. The molecule has 0 saturated carbocycles. The van der Waals surface area contributed by atoms with Crippen LogP contribution < -0.4 is 10.2 Å². The van der Waals surface area contributed by atoms with Crippen molar-refractivity contribution < 1.29 is 14.7 Å². The van der Waals surface area contributed by atoms with Gasteiger partial charge in [0.1, 0.15) is 12.6 Å². The maximum Gasteiger partial charge on any atom is 0.323 e. The van der Waals surface area contributed by atoms with Gasteiger partial charge in [-0.3, -0.25) is 14.5 Å². The van der Waals surface area contributed by atoms with Crippen LogP contribution in [0.15, 0.2) is 24.3 Å². The maximum atomic E-state index is 12.1. The van der Waals surface area contributed by atoms with Gasteiger partial charge in [-0.1, -0.05) is 19.1 Å². The molecular formula is C12H14N2O3. The van der Waals surface area contributed by atoms with E-state index in [0.29, 0.717) is 12.1 Å². The van der Waals surface area contributed by atoms with E-state index in [9.17, 15) is 9.59 Å². The van der Waals surface area contributed by atoms with Gasteiger partial charge in [0.05, 0.1) is 11.4 Å². The van der Waals surface area contributed by atoms with E-state index >= 15 is 0 Å². The minimum absolute atomic E-state index is 0.186. The summed E-state index contributed by atoms with van der Waals surface area (Å²) in [6.45, 7) is 1.59. The zero-order chi connectivity index (χ0) is 12.4. The molecule has 1 heterocycles. The fourth-order valence-electron chi connectivity index (χ4n) is 1.96. The average Bonchev–Trinajstić information content (AvgIpc) is 2.32. The first-order valence-electron chi connectivity index (χ1n) is 5.52. The Hall–Kier alpha value is -2.04. The number of nitrogens with zero attached hydrogens (tertiary/aromatic N) is 1. The van der Waals surface area contributed by atoms with Gasteiger partial charge in [-0.25, -0.2) is 0 Å². The molecule has 0 spiro atoms. The lowest BCUT2D eigenvalue weighted by atomic mass is 10.1. The molecule has 1 aromatic carbocycles. The van der Waals surface area contributed by atoms with E-state index < -0.39 is 5.97 Å². The van der Waals surface area contributed by atoms with Crippen molar-refractivity contribution in [3.63, 3.8) is 0 Å². The third kappa shape index (κ3) is 2.08. The molecule has 90 valence electrons. The molecule has 2 rings (SSSR count). The molecule has 0 bridgehead atoms. The summed E-state index contributed by atoms with van der Waals surface area (Å²) < 4.78 is 0. The van der Waals surface area contributed by atoms with Gasteiger partial charge < -0.3 is 10.4 Å². The highest BCUT2D eigenvalue weighted by Crippen LogP contribution is 2.31. The molecule has 5 nitrogen and oxygen atoms in total. The fourth-order valence-corrected chi connectivity index (χ4v) is 1.96. The normalized spacial score (nSPS) is 18.5. The van der Waals surface area contributed by atoms with Crippen LogP contribution in [0.4, 0.5) is 11.4 Å². The molecule has 2 N–H and O–H groups in total. The number of benzene rings is 1. The van der Waals surface area contributed by atoms with E-state index in [2.05, 4.69) is 5.32 Å². The molecule has 1 unspecified atom stereocenters. The lowest BCUT2D eigenvalue weighted by Gasteiger charge is -2.34. The van der Waals surface area contributed by atoms with Crippen molar-refractivity contribution in [1.29, 1.82) is 0 Å². The molecule has 0 radical (unpaired) electrons. The van der Waals surface area contributed by atoms with E-state index in [4.69, 9.17) is 5.11 Å². The van der Waals surface area contributed by atoms with Crippen LogP contribution in [-0.4, -0.2) is 29.6 Å². The van der Waals surface area contributed by atoms with E-state index in [-0.39, 0.29) is 18.5 Å². The zero-order valence-electron chi connectivity index (χ0n) is 9.51. The minimum atomic E-state index is -1.01. The number of rotatable bonds is 3. The summed E-state index contributed by atoms with van der Waals surface area (Å²) in [6.07, 6.45) is 0.628. The summed E-state index contributed by atoms with van der Waals surface area (Å²) in [7, 11) is 0. The smallest absolute Gasteiger partial charge is 0.323 e. The average molecular weight is 234 g/mol. The highest BCUT2D eigenvalue weighted by molar-refractivity contribution is 6.07. The monoisotopic (exact) mass is 234 g/mol. The molecule has 0 aliphatic carbocycles. The Balaban J connectivity index is 2.40. The second-order valence-corrected chi connectivity index (χ2v) is 3.94. The van der Waals surface area contributed by atoms with Gasteiger partial charge in [-0.2, -0.15) is 0 Å². The van der Waals surface area contributed by atoms with Crippen molar-refractivity contribution in [2.75, 3.05) is 16.8 Å². The number of anilines is 2. The molecule has 0 aromatic heterocycles. The molecule has 1 amide bonds. The number of nitrogens with one attached hydrogen (secondary N) is 1. The molecule has 17 heavy (non-hydrogen) atoms. The van der Waals surface area contributed by atoms with E-state index in [0.717, 1.165) is 5.69 Å². The van der Waals surface area contributed by atoms with Crippen LogP contribution in [-0.2, 0) is 9.59 Å². The van der Waals surface area contributed by atoms with Gasteiger partial charge in [-0.15, -0.1) is 0 Å². The number of carbonyl (C=O) groups excluding carboxylic acids is 1. The van der Waals surface area contributed by atoms with E-state index in [1.165, 1.54) is 4.90 Å². The fraction of sp³-hybridized carbons (Fsp3) is 0.333. The number of fused-ring (bicyclic) bond motifs is 1. The SMILES string of the molecule is CCC1Nc2ccccc2N(CC(=O)O)C1=O. The molecular weight excluding hydrogens is 220 g/mol. The molecule has 0 fully saturated rings. The standard InChI is InChI=1S/C12H14N2O3/c1-2-8-12(17)14(7-11(15)16)10-6-4-3-5-9(10)13-8/h3-6,8,13H,2,7H2,1H3,(H,15,16). The number of para-hydroxylation sites is 2. The lowest BCUT2D eigenvalue weighted by molar-refractivity contribution is -0.136. The summed E-state index contributed by atoms with van der Waals surface area (Å²) in [6, 6.07) is 6.89. The Kier molecular flexibility index (Phi) is 2.99. The molecule has 1 atom stereocenters.